The minimum absolute atomic E-state index is 0. The third-order valence-corrected chi connectivity index (χ3v) is 2.95. The summed E-state index contributed by atoms with van der Waals surface area (Å²) in [5, 5.41) is 19.5. The van der Waals surface area contributed by atoms with Crippen LogP contribution < -0.4 is 21.7 Å². The SMILES string of the molecule is N[C@@H](CS(=O)(=O)O)C(=O)[O-].N[C@@H](CS(=O)(=O)O)C(=O)[O-].[Mg+2]. The first-order valence-electron chi connectivity index (χ1n) is 4.49. The summed E-state index contributed by atoms with van der Waals surface area (Å²) in [7, 11) is -8.63. The van der Waals surface area contributed by atoms with Crippen molar-refractivity contribution in [2.24, 2.45) is 11.5 Å². The molecule has 120 valence electrons. The Morgan fingerprint density at radius 2 is 1.05 bits per heavy atom. The van der Waals surface area contributed by atoms with Crippen molar-refractivity contribution in [1.82, 2.24) is 0 Å². The van der Waals surface area contributed by atoms with Crippen molar-refractivity contribution < 1.29 is 45.7 Å². The maximum absolute atomic E-state index is 9.93. The number of hydrogen-bond donors (Lipinski definition) is 4. The van der Waals surface area contributed by atoms with Gasteiger partial charge in [-0.15, -0.1) is 0 Å². The number of aliphatic carboxylic acids is 2. The Hall–Kier alpha value is -0.554. The molecule has 0 saturated heterocycles. The van der Waals surface area contributed by atoms with E-state index < -0.39 is 55.8 Å². The van der Waals surface area contributed by atoms with Crippen molar-refractivity contribution >= 4 is 55.2 Å². The third kappa shape index (κ3) is 19.4. The van der Waals surface area contributed by atoms with Gasteiger partial charge in [0.15, 0.2) is 0 Å². The first kappa shape index (κ1) is 25.4. The van der Waals surface area contributed by atoms with Gasteiger partial charge in [0, 0.05) is 0 Å². The van der Waals surface area contributed by atoms with Crippen LogP contribution in [0.5, 0.6) is 0 Å². The number of hydrogen-bond acceptors (Lipinski definition) is 10. The summed E-state index contributed by atoms with van der Waals surface area (Å²) >= 11 is 0. The summed E-state index contributed by atoms with van der Waals surface area (Å²) in [5.74, 6) is -5.46. The van der Waals surface area contributed by atoms with Gasteiger partial charge in [0.05, 0.1) is 35.5 Å². The Morgan fingerprint density at radius 3 is 1.10 bits per heavy atom. The van der Waals surface area contributed by atoms with Crippen molar-refractivity contribution in [2.45, 2.75) is 12.1 Å². The van der Waals surface area contributed by atoms with E-state index in [1.54, 1.807) is 0 Å². The minimum Gasteiger partial charge on any atom is -0.548 e. The topological polar surface area (TPSA) is 241 Å². The fourth-order valence-corrected chi connectivity index (χ4v) is 1.77. The molecule has 0 aliphatic carbocycles. The Kier molecular flexibility index (Phi) is 12.4. The van der Waals surface area contributed by atoms with E-state index in [2.05, 4.69) is 0 Å². The summed E-state index contributed by atoms with van der Waals surface area (Å²) < 4.78 is 55.8. The summed E-state index contributed by atoms with van der Waals surface area (Å²) in [6.45, 7) is 0. The second-order valence-corrected chi connectivity index (χ2v) is 6.34. The van der Waals surface area contributed by atoms with E-state index in [1.165, 1.54) is 0 Å². The van der Waals surface area contributed by atoms with Crippen LogP contribution in [0.15, 0.2) is 0 Å². The van der Waals surface area contributed by atoms with Crippen LogP contribution in [0.2, 0.25) is 0 Å². The van der Waals surface area contributed by atoms with Crippen LogP contribution in [-0.2, 0) is 29.8 Å². The Bertz CT molecular complexity index is 494. The fraction of sp³-hybridized carbons (Fsp3) is 0.667. The zero-order valence-electron chi connectivity index (χ0n) is 10.4. The molecular weight excluding hydrogens is 349 g/mol. The van der Waals surface area contributed by atoms with Gasteiger partial charge in [-0.1, -0.05) is 0 Å². The summed E-state index contributed by atoms with van der Waals surface area (Å²) in [6.07, 6.45) is 0. The molecule has 0 aromatic carbocycles. The molecule has 2 atom stereocenters. The standard InChI is InChI=1S/2C3H7NO5S.Mg/c2*4-2(3(5)6)1-10(7,8)9;/h2*2H,1,4H2,(H,5,6)(H,7,8,9);/q;;+2/p-2/t2*2-;/m00./s1. The van der Waals surface area contributed by atoms with E-state index in [1.807, 2.05) is 0 Å². The van der Waals surface area contributed by atoms with Gasteiger partial charge in [0.2, 0.25) is 0 Å². The van der Waals surface area contributed by atoms with Crippen LogP contribution in [0, 0.1) is 0 Å². The van der Waals surface area contributed by atoms with Gasteiger partial charge < -0.3 is 31.3 Å². The monoisotopic (exact) mass is 360 g/mol. The van der Waals surface area contributed by atoms with E-state index in [4.69, 9.17) is 20.6 Å². The smallest absolute Gasteiger partial charge is 0.548 e. The molecule has 0 spiro atoms. The van der Waals surface area contributed by atoms with Crippen LogP contribution in [-0.4, -0.2) is 84.5 Å². The molecule has 0 saturated carbocycles. The second kappa shape index (κ2) is 10.2. The molecule has 0 aliphatic rings. The van der Waals surface area contributed by atoms with Crippen molar-refractivity contribution in [3.05, 3.63) is 0 Å². The van der Waals surface area contributed by atoms with Crippen molar-refractivity contribution in [3.8, 4) is 0 Å². The van der Waals surface area contributed by atoms with Gasteiger partial charge in [-0.05, 0) is 0 Å². The third-order valence-electron chi connectivity index (χ3n) is 1.39. The van der Waals surface area contributed by atoms with Crippen LogP contribution in [0.25, 0.3) is 0 Å². The molecule has 0 aliphatic heterocycles. The van der Waals surface area contributed by atoms with Gasteiger partial charge >= 0.3 is 23.1 Å². The molecule has 0 radical (unpaired) electrons. The van der Waals surface area contributed by atoms with Crippen LogP contribution >= 0.6 is 0 Å². The minimum atomic E-state index is -4.31. The molecule has 0 amide bonds. The molecule has 12 nitrogen and oxygen atoms in total. The van der Waals surface area contributed by atoms with Crippen molar-refractivity contribution in [3.63, 3.8) is 0 Å². The van der Waals surface area contributed by atoms with E-state index in [9.17, 15) is 36.6 Å². The van der Waals surface area contributed by atoms with E-state index in [0.29, 0.717) is 0 Å². The quantitative estimate of drug-likeness (QED) is 0.255. The molecule has 0 aromatic heterocycles. The summed E-state index contributed by atoms with van der Waals surface area (Å²) in [6, 6.07) is -3.34. The summed E-state index contributed by atoms with van der Waals surface area (Å²) in [5.41, 5.74) is 9.40. The maximum atomic E-state index is 9.93. The molecule has 0 aromatic rings. The fourth-order valence-electron chi connectivity index (χ4n) is 0.590. The van der Waals surface area contributed by atoms with Gasteiger partial charge in [0.1, 0.15) is 0 Å². The molecule has 0 bridgehead atoms. The molecule has 0 unspecified atom stereocenters. The van der Waals surface area contributed by atoms with Crippen molar-refractivity contribution in [2.75, 3.05) is 11.5 Å². The molecular formula is C6H12MgN2O10S2. The molecule has 6 N–H and O–H groups in total. The number of carbonyl (C=O) groups is 2. The molecule has 21 heavy (non-hydrogen) atoms. The van der Waals surface area contributed by atoms with Crippen LogP contribution in [0.3, 0.4) is 0 Å². The normalized spacial score (nSPS) is 13.9. The number of nitrogens with two attached hydrogens (primary N) is 2. The van der Waals surface area contributed by atoms with E-state index in [0.717, 1.165) is 0 Å². The van der Waals surface area contributed by atoms with E-state index >= 15 is 0 Å². The van der Waals surface area contributed by atoms with Gasteiger partial charge in [-0.3, -0.25) is 9.11 Å². The maximum Gasteiger partial charge on any atom is 2.00 e. The Labute approximate surface area is 136 Å². The zero-order valence-corrected chi connectivity index (χ0v) is 13.5. The number of carboxylic acid groups (broad SMARTS) is 2. The van der Waals surface area contributed by atoms with Crippen LogP contribution in [0.1, 0.15) is 0 Å². The molecule has 0 heterocycles. The Morgan fingerprint density at radius 1 is 0.857 bits per heavy atom. The number of carbonyl (C=O) groups excluding carboxylic acids is 2. The van der Waals surface area contributed by atoms with Crippen molar-refractivity contribution in [1.29, 1.82) is 0 Å². The predicted octanol–water partition coefficient (Wildman–Crippen LogP) is -6.48. The first-order chi connectivity index (χ1) is 8.65. The average Bonchev–Trinajstić information content (AvgIpc) is 2.12. The van der Waals surface area contributed by atoms with E-state index in [-0.39, 0.29) is 23.1 Å². The van der Waals surface area contributed by atoms with Gasteiger partial charge in [-0.25, -0.2) is 0 Å². The molecule has 15 heteroatoms. The van der Waals surface area contributed by atoms with Gasteiger partial charge in [0.25, 0.3) is 20.2 Å². The molecule has 0 rings (SSSR count). The zero-order chi connectivity index (χ0) is 16.7. The number of rotatable bonds is 6. The number of carboxylic acids is 2. The van der Waals surface area contributed by atoms with Crippen LogP contribution in [0.4, 0.5) is 0 Å². The largest absolute Gasteiger partial charge is 2.00 e. The predicted molar refractivity (Wildman–Crippen MR) is 64.6 cm³/mol. The van der Waals surface area contributed by atoms with Gasteiger partial charge in [-0.2, -0.15) is 16.8 Å². The average molecular weight is 361 g/mol. The Balaban J connectivity index is -0.000000295. The summed E-state index contributed by atoms with van der Waals surface area (Å²) in [4.78, 5) is 19.5. The molecule has 0 fully saturated rings. The first-order valence-corrected chi connectivity index (χ1v) is 7.70. The second-order valence-electron chi connectivity index (χ2n) is 3.35.